The number of para-hydroxylation sites is 1. The normalized spacial score (nSPS) is 11.0. The zero-order valence-corrected chi connectivity index (χ0v) is 16.3. The van der Waals surface area contributed by atoms with Crippen LogP contribution in [0.4, 0.5) is 0 Å². The molecule has 2 aromatic rings. The summed E-state index contributed by atoms with van der Waals surface area (Å²) in [5.74, 6) is 1.40. The summed E-state index contributed by atoms with van der Waals surface area (Å²) in [6.07, 6.45) is 0. The zero-order chi connectivity index (χ0) is 18.2. The van der Waals surface area contributed by atoms with Crippen LogP contribution in [0.1, 0.15) is 11.1 Å². The quantitative estimate of drug-likeness (QED) is 0.657. The Labute approximate surface area is 159 Å². The van der Waals surface area contributed by atoms with E-state index in [1.165, 1.54) is 0 Å². The summed E-state index contributed by atoms with van der Waals surface area (Å²) in [6.45, 7) is 2.83. The average molecular weight is 383 g/mol. The molecule has 0 unspecified atom stereocenters. The molecule has 1 N–H and O–H groups in total. The lowest BCUT2D eigenvalue weighted by Gasteiger charge is -2.17. The summed E-state index contributed by atoms with van der Waals surface area (Å²) < 4.78 is 11.5. The van der Waals surface area contributed by atoms with Crippen LogP contribution in [0.15, 0.2) is 36.4 Å². The first-order valence-corrected chi connectivity index (χ1v) is 8.85. The highest BCUT2D eigenvalue weighted by atomic mass is 35.5. The highest BCUT2D eigenvalue weighted by Crippen LogP contribution is 2.33. The van der Waals surface area contributed by atoms with Crippen LogP contribution in [0.5, 0.6) is 11.5 Å². The van der Waals surface area contributed by atoms with Crippen molar-refractivity contribution >= 4 is 23.2 Å². The van der Waals surface area contributed by atoms with Crippen molar-refractivity contribution in [2.75, 3.05) is 34.3 Å². The summed E-state index contributed by atoms with van der Waals surface area (Å²) in [5, 5.41) is 4.60. The molecule has 0 saturated carbocycles. The van der Waals surface area contributed by atoms with E-state index in [2.05, 4.69) is 24.3 Å². The molecule has 0 aliphatic heterocycles. The van der Waals surface area contributed by atoms with Crippen molar-refractivity contribution in [3.63, 3.8) is 0 Å². The Bertz CT molecular complexity index is 673. The van der Waals surface area contributed by atoms with Gasteiger partial charge in [0.05, 0.1) is 7.11 Å². The lowest BCUT2D eigenvalue weighted by molar-refractivity contribution is 0.280. The van der Waals surface area contributed by atoms with Crippen molar-refractivity contribution in [2.24, 2.45) is 0 Å². The lowest BCUT2D eigenvalue weighted by atomic mass is 10.1. The second-order valence-corrected chi connectivity index (χ2v) is 6.73. The first-order valence-electron chi connectivity index (χ1n) is 8.10. The maximum atomic E-state index is 6.23. The molecule has 6 heteroatoms. The van der Waals surface area contributed by atoms with Crippen LogP contribution in [0, 0.1) is 0 Å². The third-order valence-electron chi connectivity index (χ3n) is 3.75. The Hall–Kier alpha value is -1.46. The van der Waals surface area contributed by atoms with Gasteiger partial charge < -0.3 is 19.7 Å². The number of hydrogen-bond acceptors (Lipinski definition) is 4. The third-order valence-corrected chi connectivity index (χ3v) is 4.46. The van der Waals surface area contributed by atoms with E-state index < -0.39 is 0 Å². The Morgan fingerprint density at radius 2 is 1.72 bits per heavy atom. The molecule has 0 radical (unpaired) electrons. The summed E-state index contributed by atoms with van der Waals surface area (Å²) >= 11 is 12.5. The van der Waals surface area contributed by atoms with Crippen LogP contribution in [-0.2, 0) is 13.2 Å². The Kier molecular flexibility index (Phi) is 7.85. The summed E-state index contributed by atoms with van der Waals surface area (Å²) in [7, 11) is 5.73. The van der Waals surface area contributed by atoms with Gasteiger partial charge in [0.15, 0.2) is 11.5 Å². The molecule has 0 saturated heterocycles. The fourth-order valence-electron chi connectivity index (χ4n) is 2.37. The first kappa shape index (κ1) is 19.9. The smallest absolute Gasteiger partial charge is 0.166 e. The number of nitrogens with zero attached hydrogens (tertiary/aromatic N) is 1. The van der Waals surface area contributed by atoms with Gasteiger partial charge in [0, 0.05) is 40.8 Å². The van der Waals surface area contributed by atoms with Crippen LogP contribution in [0.25, 0.3) is 0 Å². The lowest BCUT2D eigenvalue weighted by Crippen LogP contribution is -2.26. The molecule has 2 rings (SSSR count). The largest absolute Gasteiger partial charge is 0.493 e. The molecule has 0 fully saturated rings. The summed E-state index contributed by atoms with van der Waals surface area (Å²) in [4.78, 5) is 2.13. The van der Waals surface area contributed by atoms with Gasteiger partial charge in [0.2, 0.25) is 0 Å². The Balaban J connectivity index is 2.12. The standard InChI is InChI=1S/C19H24Cl2N2O2/c1-23(2)11-10-22-12-14-6-4-9-18(24-3)19(14)25-13-15-16(20)7-5-8-17(15)21/h4-9,22H,10-13H2,1-3H3. The predicted octanol–water partition coefficient (Wildman–Crippen LogP) is 4.23. The molecule has 25 heavy (non-hydrogen) atoms. The van der Waals surface area contributed by atoms with E-state index in [4.69, 9.17) is 32.7 Å². The van der Waals surface area contributed by atoms with E-state index in [9.17, 15) is 0 Å². The topological polar surface area (TPSA) is 33.7 Å². The molecule has 136 valence electrons. The number of halogens is 2. The monoisotopic (exact) mass is 382 g/mol. The second-order valence-electron chi connectivity index (χ2n) is 5.92. The maximum Gasteiger partial charge on any atom is 0.166 e. The van der Waals surface area contributed by atoms with E-state index in [-0.39, 0.29) is 6.61 Å². The van der Waals surface area contributed by atoms with Gasteiger partial charge in [-0.25, -0.2) is 0 Å². The second kappa shape index (κ2) is 9.88. The Morgan fingerprint density at radius 1 is 1.04 bits per heavy atom. The molecule has 0 aliphatic rings. The van der Waals surface area contributed by atoms with Crippen molar-refractivity contribution < 1.29 is 9.47 Å². The SMILES string of the molecule is COc1cccc(CNCCN(C)C)c1OCc1c(Cl)cccc1Cl. The summed E-state index contributed by atoms with van der Waals surface area (Å²) in [6, 6.07) is 11.3. The van der Waals surface area contributed by atoms with Crippen LogP contribution in [0.3, 0.4) is 0 Å². The van der Waals surface area contributed by atoms with Crippen LogP contribution < -0.4 is 14.8 Å². The number of likely N-dealkylation sites (N-methyl/N-ethyl adjacent to an activating group) is 1. The minimum absolute atomic E-state index is 0.281. The van der Waals surface area contributed by atoms with Gasteiger partial charge in [-0.2, -0.15) is 0 Å². The molecule has 0 bridgehead atoms. The van der Waals surface area contributed by atoms with Crippen molar-refractivity contribution in [1.29, 1.82) is 0 Å². The number of rotatable bonds is 9. The molecule has 0 spiro atoms. The van der Waals surface area contributed by atoms with E-state index in [0.29, 0.717) is 28.1 Å². The molecule has 0 atom stereocenters. The van der Waals surface area contributed by atoms with Crippen LogP contribution in [-0.4, -0.2) is 39.2 Å². The average Bonchev–Trinajstić information content (AvgIpc) is 2.58. The predicted molar refractivity (Wildman–Crippen MR) is 104 cm³/mol. The van der Waals surface area contributed by atoms with Gasteiger partial charge in [-0.1, -0.05) is 41.4 Å². The molecule has 0 aliphatic carbocycles. The number of ether oxygens (including phenoxy) is 2. The number of nitrogens with one attached hydrogen (secondary N) is 1. The molecular weight excluding hydrogens is 359 g/mol. The molecule has 0 amide bonds. The summed E-state index contributed by atoms with van der Waals surface area (Å²) in [5.41, 5.74) is 1.80. The highest BCUT2D eigenvalue weighted by molar-refractivity contribution is 6.35. The van der Waals surface area contributed by atoms with E-state index in [0.717, 1.165) is 24.2 Å². The molecule has 0 aromatic heterocycles. The number of hydrogen-bond donors (Lipinski definition) is 1. The minimum Gasteiger partial charge on any atom is -0.493 e. The van der Waals surface area contributed by atoms with E-state index >= 15 is 0 Å². The molecule has 0 heterocycles. The molecule has 2 aromatic carbocycles. The minimum atomic E-state index is 0.281. The van der Waals surface area contributed by atoms with Gasteiger partial charge in [0.1, 0.15) is 6.61 Å². The van der Waals surface area contributed by atoms with E-state index in [1.807, 2.05) is 24.3 Å². The van der Waals surface area contributed by atoms with Crippen LogP contribution in [0.2, 0.25) is 10.0 Å². The van der Waals surface area contributed by atoms with Gasteiger partial charge in [-0.05, 0) is 32.3 Å². The first-order chi connectivity index (χ1) is 12.0. The third kappa shape index (κ3) is 5.79. The molecule has 4 nitrogen and oxygen atoms in total. The molecular formula is C19H24Cl2N2O2. The zero-order valence-electron chi connectivity index (χ0n) is 14.8. The van der Waals surface area contributed by atoms with Crippen molar-refractivity contribution in [1.82, 2.24) is 10.2 Å². The fraction of sp³-hybridized carbons (Fsp3) is 0.368. The van der Waals surface area contributed by atoms with Crippen LogP contribution >= 0.6 is 23.2 Å². The fourth-order valence-corrected chi connectivity index (χ4v) is 2.87. The van der Waals surface area contributed by atoms with Crippen molar-refractivity contribution in [3.05, 3.63) is 57.6 Å². The van der Waals surface area contributed by atoms with Gasteiger partial charge in [-0.15, -0.1) is 0 Å². The van der Waals surface area contributed by atoms with Gasteiger partial charge >= 0.3 is 0 Å². The number of methoxy groups -OCH3 is 1. The highest BCUT2D eigenvalue weighted by Gasteiger charge is 2.13. The van der Waals surface area contributed by atoms with Crippen molar-refractivity contribution in [3.8, 4) is 11.5 Å². The van der Waals surface area contributed by atoms with Gasteiger partial charge in [0.25, 0.3) is 0 Å². The Morgan fingerprint density at radius 3 is 2.36 bits per heavy atom. The maximum absolute atomic E-state index is 6.23. The van der Waals surface area contributed by atoms with E-state index in [1.54, 1.807) is 19.2 Å². The van der Waals surface area contributed by atoms with Crippen molar-refractivity contribution in [2.45, 2.75) is 13.2 Å². The number of benzene rings is 2. The van der Waals surface area contributed by atoms with Gasteiger partial charge in [-0.3, -0.25) is 0 Å².